The summed E-state index contributed by atoms with van der Waals surface area (Å²) in [5, 5.41) is 14.4. The van der Waals surface area contributed by atoms with Crippen molar-refractivity contribution < 1.29 is 9.84 Å². The Morgan fingerprint density at radius 3 is 3.00 bits per heavy atom. The largest absolute Gasteiger partial charge is 0.497 e. The minimum absolute atomic E-state index is 0.205. The molecule has 2 aromatic rings. The fourth-order valence-corrected chi connectivity index (χ4v) is 4.15. The van der Waals surface area contributed by atoms with Crippen molar-refractivity contribution in [1.29, 1.82) is 0 Å². The first-order valence-electron chi connectivity index (χ1n) is 9.48. The Labute approximate surface area is 150 Å². The fourth-order valence-electron chi connectivity index (χ4n) is 4.15. The zero-order valence-electron chi connectivity index (χ0n) is 15.4. The van der Waals surface area contributed by atoms with Crippen LogP contribution in [-0.4, -0.2) is 36.4 Å². The molecular formula is C21H30N2O2. The number of rotatable bonds is 7. The van der Waals surface area contributed by atoms with Gasteiger partial charge in [0.15, 0.2) is 0 Å². The van der Waals surface area contributed by atoms with E-state index in [0.29, 0.717) is 5.92 Å². The first-order chi connectivity index (χ1) is 12.2. The average molecular weight is 342 g/mol. The minimum Gasteiger partial charge on any atom is -0.497 e. The topological polar surface area (TPSA) is 54.4 Å². The quantitative estimate of drug-likeness (QED) is 0.808. The highest BCUT2D eigenvalue weighted by Gasteiger charge is 2.25. The van der Waals surface area contributed by atoms with Gasteiger partial charge in [-0.1, -0.05) is 0 Å². The van der Waals surface area contributed by atoms with Crippen LogP contribution in [0.15, 0.2) is 30.5 Å². The number of hydrogen-bond acceptors (Lipinski definition) is 4. The van der Waals surface area contributed by atoms with Crippen molar-refractivity contribution in [3.05, 3.63) is 36.0 Å². The van der Waals surface area contributed by atoms with E-state index in [-0.39, 0.29) is 6.10 Å². The highest BCUT2D eigenvalue weighted by Crippen LogP contribution is 2.29. The molecule has 4 heteroatoms. The molecule has 1 aliphatic heterocycles. The molecule has 2 heterocycles. The summed E-state index contributed by atoms with van der Waals surface area (Å²) in [5.74, 6) is 2.21. The number of piperidine rings is 1. The number of methoxy groups -OCH3 is 1. The highest BCUT2D eigenvalue weighted by molar-refractivity contribution is 5.83. The van der Waals surface area contributed by atoms with E-state index >= 15 is 0 Å². The second-order valence-electron chi connectivity index (χ2n) is 7.34. The Hall–Kier alpha value is -1.65. The summed E-state index contributed by atoms with van der Waals surface area (Å²) in [6.45, 7) is 4.06. The van der Waals surface area contributed by atoms with Crippen LogP contribution in [0.2, 0.25) is 0 Å². The maximum absolute atomic E-state index is 9.75. The number of aliphatic hydroxyl groups is 1. The van der Waals surface area contributed by atoms with E-state index in [1.54, 1.807) is 7.11 Å². The van der Waals surface area contributed by atoms with Gasteiger partial charge in [-0.25, -0.2) is 0 Å². The SMILES string of the molecule is COc1ccc2nccc(CCC[C@@H]3CCNC[C@@H]3CC(C)O)c2c1. The lowest BCUT2D eigenvalue weighted by Crippen LogP contribution is -2.38. The van der Waals surface area contributed by atoms with Crippen molar-refractivity contribution in [1.82, 2.24) is 10.3 Å². The molecule has 0 bridgehead atoms. The average Bonchev–Trinajstić information content (AvgIpc) is 2.62. The van der Waals surface area contributed by atoms with Crippen molar-refractivity contribution >= 4 is 10.9 Å². The summed E-state index contributed by atoms with van der Waals surface area (Å²) in [6.07, 6.45) is 7.31. The second kappa shape index (κ2) is 8.63. The lowest BCUT2D eigenvalue weighted by atomic mass is 9.79. The van der Waals surface area contributed by atoms with Crippen molar-refractivity contribution in [2.24, 2.45) is 11.8 Å². The van der Waals surface area contributed by atoms with Gasteiger partial charge in [-0.2, -0.15) is 0 Å². The van der Waals surface area contributed by atoms with Gasteiger partial charge in [0.1, 0.15) is 5.75 Å². The zero-order valence-corrected chi connectivity index (χ0v) is 15.4. The van der Waals surface area contributed by atoms with Gasteiger partial charge in [-0.3, -0.25) is 4.98 Å². The monoisotopic (exact) mass is 342 g/mol. The molecule has 1 fully saturated rings. The smallest absolute Gasteiger partial charge is 0.119 e. The fraction of sp³-hybridized carbons (Fsp3) is 0.571. The molecule has 1 aromatic heterocycles. The van der Waals surface area contributed by atoms with Gasteiger partial charge in [0.05, 0.1) is 18.7 Å². The third kappa shape index (κ3) is 4.71. The van der Waals surface area contributed by atoms with E-state index < -0.39 is 0 Å². The van der Waals surface area contributed by atoms with Crippen LogP contribution in [0, 0.1) is 11.8 Å². The molecule has 3 atom stereocenters. The molecule has 1 unspecified atom stereocenters. The Morgan fingerprint density at radius 2 is 2.20 bits per heavy atom. The first kappa shape index (κ1) is 18.2. The molecule has 0 spiro atoms. The van der Waals surface area contributed by atoms with Crippen molar-refractivity contribution in [3.63, 3.8) is 0 Å². The van der Waals surface area contributed by atoms with Crippen LogP contribution in [0.25, 0.3) is 10.9 Å². The van der Waals surface area contributed by atoms with E-state index in [4.69, 9.17) is 4.74 Å². The highest BCUT2D eigenvalue weighted by atomic mass is 16.5. The van der Waals surface area contributed by atoms with E-state index in [1.807, 2.05) is 25.3 Å². The lowest BCUT2D eigenvalue weighted by Gasteiger charge is -2.33. The summed E-state index contributed by atoms with van der Waals surface area (Å²) < 4.78 is 5.37. The number of aliphatic hydroxyl groups excluding tert-OH is 1. The second-order valence-corrected chi connectivity index (χ2v) is 7.34. The summed E-state index contributed by atoms with van der Waals surface area (Å²) in [4.78, 5) is 4.47. The number of hydrogen-bond donors (Lipinski definition) is 2. The molecule has 136 valence electrons. The van der Waals surface area contributed by atoms with Crippen LogP contribution >= 0.6 is 0 Å². The molecule has 2 N–H and O–H groups in total. The molecule has 0 saturated carbocycles. The van der Waals surface area contributed by atoms with E-state index in [9.17, 15) is 5.11 Å². The van der Waals surface area contributed by atoms with Gasteiger partial charge in [-0.15, -0.1) is 0 Å². The summed E-state index contributed by atoms with van der Waals surface area (Å²) in [5.41, 5.74) is 2.39. The Morgan fingerprint density at radius 1 is 1.32 bits per heavy atom. The van der Waals surface area contributed by atoms with Crippen LogP contribution in [0.1, 0.15) is 38.2 Å². The Bertz CT molecular complexity index is 687. The number of fused-ring (bicyclic) bond motifs is 1. The third-order valence-corrected chi connectivity index (χ3v) is 5.47. The van der Waals surface area contributed by atoms with Crippen LogP contribution in [-0.2, 0) is 6.42 Å². The molecule has 0 aliphatic carbocycles. The van der Waals surface area contributed by atoms with Gasteiger partial charge in [0, 0.05) is 11.6 Å². The Kier molecular flexibility index (Phi) is 6.27. The minimum atomic E-state index is -0.205. The number of pyridine rings is 1. The number of benzene rings is 1. The van der Waals surface area contributed by atoms with Gasteiger partial charge in [0.25, 0.3) is 0 Å². The zero-order chi connectivity index (χ0) is 17.6. The molecule has 25 heavy (non-hydrogen) atoms. The van der Waals surface area contributed by atoms with Crippen molar-refractivity contribution in [2.45, 2.75) is 45.1 Å². The summed E-state index contributed by atoms with van der Waals surface area (Å²) in [7, 11) is 1.70. The molecule has 1 aliphatic rings. The molecule has 1 aromatic carbocycles. The molecule has 0 radical (unpaired) electrons. The van der Waals surface area contributed by atoms with Crippen LogP contribution in [0.5, 0.6) is 5.75 Å². The van der Waals surface area contributed by atoms with Crippen molar-refractivity contribution in [3.8, 4) is 5.75 Å². The van der Waals surface area contributed by atoms with Crippen molar-refractivity contribution in [2.75, 3.05) is 20.2 Å². The molecular weight excluding hydrogens is 312 g/mol. The molecule has 1 saturated heterocycles. The molecule has 0 amide bonds. The summed E-state index contributed by atoms with van der Waals surface area (Å²) in [6, 6.07) is 8.23. The summed E-state index contributed by atoms with van der Waals surface area (Å²) >= 11 is 0. The first-order valence-corrected chi connectivity index (χ1v) is 9.48. The number of ether oxygens (including phenoxy) is 1. The predicted octanol–water partition coefficient (Wildman–Crippen LogP) is 3.56. The third-order valence-electron chi connectivity index (χ3n) is 5.47. The maximum Gasteiger partial charge on any atom is 0.119 e. The maximum atomic E-state index is 9.75. The van der Waals surface area contributed by atoms with Gasteiger partial charge in [0.2, 0.25) is 0 Å². The van der Waals surface area contributed by atoms with E-state index in [0.717, 1.165) is 43.1 Å². The predicted molar refractivity (Wildman–Crippen MR) is 102 cm³/mol. The van der Waals surface area contributed by atoms with Gasteiger partial charge < -0.3 is 15.2 Å². The number of nitrogens with one attached hydrogen (secondary N) is 1. The van der Waals surface area contributed by atoms with Crippen LogP contribution in [0.4, 0.5) is 0 Å². The number of nitrogens with zero attached hydrogens (tertiary/aromatic N) is 1. The van der Waals surface area contributed by atoms with Crippen LogP contribution in [0.3, 0.4) is 0 Å². The normalized spacial score (nSPS) is 22.0. The van der Waals surface area contributed by atoms with Gasteiger partial charge in [-0.05, 0) is 93.8 Å². The van der Waals surface area contributed by atoms with Gasteiger partial charge >= 0.3 is 0 Å². The molecule has 3 rings (SSSR count). The Balaban J connectivity index is 1.64. The number of aromatic nitrogens is 1. The van der Waals surface area contributed by atoms with E-state index in [2.05, 4.69) is 22.4 Å². The molecule has 4 nitrogen and oxygen atoms in total. The van der Waals surface area contributed by atoms with Crippen LogP contribution < -0.4 is 10.1 Å². The lowest BCUT2D eigenvalue weighted by molar-refractivity contribution is 0.120. The standard InChI is InChI=1S/C21H30N2O2/c1-15(24)12-18-14-22-10-8-16(18)4-3-5-17-9-11-23-21-7-6-19(25-2)13-20(17)21/h6-7,9,11,13,15-16,18,22,24H,3-5,8,10,12,14H2,1-2H3/t15?,16-,18+/m1/s1. The van der Waals surface area contributed by atoms with E-state index in [1.165, 1.54) is 30.2 Å². The number of aryl methyl sites for hydroxylation is 1.